The third kappa shape index (κ3) is 2.90. The van der Waals surface area contributed by atoms with Crippen LogP contribution in [0, 0.1) is 5.92 Å². The van der Waals surface area contributed by atoms with Crippen molar-refractivity contribution < 1.29 is 0 Å². The van der Waals surface area contributed by atoms with Crippen LogP contribution in [-0.4, -0.2) is 0 Å². The van der Waals surface area contributed by atoms with Gasteiger partial charge in [0, 0.05) is 5.54 Å². The standard InChI is InChI=1S/C7H11Cl/c1-6(2)7(3)4-5-8/h5-6H,1-3H3. The average Bonchev–Trinajstić information content (AvgIpc) is 1.67. The second-order valence-corrected chi connectivity index (χ2v) is 2.31. The summed E-state index contributed by atoms with van der Waals surface area (Å²) in [4.78, 5) is 0. The molecule has 0 amide bonds. The van der Waals surface area contributed by atoms with Crippen LogP contribution >= 0.6 is 11.6 Å². The van der Waals surface area contributed by atoms with Gasteiger partial charge in [-0.2, -0.15) is 0 Å². The lowest BCUT2D eigenvalue weighted by Gasteiger charge is -1.97. The molecule has 0 fully saturated rings. The maximum atomic E-state index is 5.28. The van der Waals surface area contributed by atoms with Gasteiger partial charge in [0.25, 0.3) is 0 Å². The Balaban J connectivity index is 4.01. The molecule has 46 valence electrons. The summed E-state index contributed by atoms with van der Waals surface area (Å²) in [7, 11) is 0. The highest BCUT2D eigenvalue weighted by atomic mass is 35.5. The van der Waals surface area contributed by atoms with Crippen LogP contribution in [0.25, 0.3) is 0 Å². The lowest BCUT2D eigenvalue weighted by Crippen LogP contribution is -1.84. The van der Waals surface area contributed by atoms with Crippen molar-refractivity contribution in [1.82, 2.24) is 0 Å². The van der Waals surface area contributed by atoms with Crippen LogP contribution in [0.15, 0.2) is 16.8 Å². The summed E-state index contributed by atoms with van der Waals surface area (Å²) in [6.07, 6.45) is 0. The number of hydrogen-bond acceptors (Lipinski definition) is 0. The minimum atomic E-state index is 0.560. The van der Waals surface area contributed by atoms with Gasteiger partial charge in [-0.25, -0.2) is 0 Å². The highest BCUT2D eigenvalue weighted by Gasteiger charge is 1.91. The summed E-state index contributed by atoms with van der Waals surface area (Å²) in [5.74, 6) is 0.560. The van der Waals surface area contributed by atoms with Crippen LogP contribution in [-0.2, 0) is 0 Å². The van der Waals surface area contributed by atoms with Gasteiger partial charge in [-0.3, -0.25) is 0 Å². The van der Waals surface area contributed by atoms with Crippen molar-refractivity contribution in [3.63, 3.8) is 0 Å². The second kappa shape index (κ2) is 3.77. The molecule has 0 aromatic heterocycles. The SMILES string of the molecule is CC(=C=CCl)C(C)C. The smallest absolute Gasteiger partial charge is 0.0462 e. The van der Waals surface area contributed by atoms with Gasteiger partial charge in [0.1, 0.15) is 0 Å². The van der Waals surface area contributed by atoms with Gasteiger partial charge < -0.3 is 0 Å². The first-order valence-corrected chi connectivity index (χ1v) is 3.14. The highest BCUT2D eigenvalue weighted by molar-refractivity contribution is 6.25. The molecule has 0 spiro atoms. The molecule has 0 bridgehead atoms. The van der Waals surface area contributed by atoms with E-state index >= 15 is 0 Å². The van der Waals surface area contributed by atoms with Crippen LogP contribution in [0.1, 0.15) is 20.8 Å². The number of rotatable bonds is 1. The Bertz CT molecular complexity index is 116. The number of hydrogen-bond donors (Lipinski definition) is 0. The van der Waals surface area contributed by atoms with E-state index < -0.39 is 0 Å². The summed E-state index contributed by atoms with van der Waals surface area (Å²) in [6, 6.07) is 0. The predicted octanol–water partition coefficient (Wildman–Crippen LogP) is 2.94. The predicted molar refractivity (Wildman–Crippen MR) is 38.0 cm³/mol. The fourth-order valence-corrected chi connectivity index (χ4v) is 0.425. The highest BCUT2D eigenvalue weighted by Crippen LogP contribution is 2.04. The zero-order valence-electron chi connectivity index (χ0n) is 5.53. The number of halogens is 1. The van der Waals surface area contributed by atoms with Crippen molar-refractivity contribution in [2.24, 2.45) is 5.92 Å². The lowest BCUT2D eigenvalue weighted by atomic mass is 10.1. The molecule has 0 nitrogen and oxygen atoms in total. The molecule has 0 saturated carbocycles. The van der Waals surface area contributed by atoms with E-state index in [1.807, 2.05) is 6.92 Å². The third-order valence-corrected chi connectivity index (χ3v) is 1.26. The summed E-state index contributed by atoms with van der Waals surface area (Å²) in [6.45, 7) is 6.25. The molecule has 0 aliphatic carbocycles. The molecule has 0 saturated heterocycles. The molecule has 8 heavy (non-hydrogen) atoms. The Hall–Kier alpha value is -0.190. The summed E-state index contributed by atoms with van der Waals surface area (Å²) < 4.78 is 0. The normalized spacial score (nSPS) is 8.62. The van der Waals surface area contributed by atoms with Crippen molar-refractivity contribution in [2.75, 3.05) is 0 Å². The quantitative estimate of drug-likeness (QED) is 0.479. The first-order chi connectivity index (χ1) is 3.68. The fraction of sp³-hybridized carbons (Fsp3) is 0.571. The van der Waals surface area contributed by atoms with Gasteiger partial charge in [-0.05, 0) is 18.4 Å². The van der Waals surface area contributed by atoms with E-state index in [-0.39, 0.29) is 0 Å². The Kier molecular flexibility index (Phi) is 3.68. The van der Waals surface area contributed by atoms with Crippen LogP contribution < -0.4 is 0 Å². The zero-order valence-corrected chi connectivity index (χ0v) is 6.29. The van der Waals surface area contributed by atoms with Gasteiger partial charge in [0.2, 0.25) is 0 Å². The summed E-state index contributed by atoms with van der Waals surface area (Å²) in [5.41, 5.74) is 5.52. The molecule has 0 N–H and O–H groups in total. The Morgan fingerprint density at radius 2 is 2.12 bits per heavy atom. The Morgan fingerprint density at radius 1 is 1.62 bits per heavy atom. The van der Waals surface area contributed by atoms with Crippen molar-refractivity contribution in [1.29, 1.82) is 0 Å². The largest absolute Gasteiger partial charge is 0.109 e. The van der Waals surface area contributed by atoms with Crippen LogP contribution in [0.4, 0.5) is 0 Å². The molecule has 0 rings (SSSR count). The maximum absolute atomic E-state index is 5.28. The van der Waals surface area contributed by atoms with E-state index in [2.05, 4.69) is 19.6 Å². The van der Waals surface area contributed by atoms with Crippen molar-refractivity contribution in [3.8, 4) is 0 Å². The first-order valence-electron chi connectivity index (χ1n) is 2.70. The van der Waals surface area contributed by atoms with E-state index in [9.17, 15) is 0 Å². The van der Waals surface area contributed by atoms with E-state index in [0.717, 1.165) is 0 Å². The minimum absolute atomic E-state index is 0.560. The molecule has 1 heteroatoms. The molecule has 0 unspecified atom stereocenters. The van der Waals surface area contributed by atoms with Crippen LogP contribution in [0.5, 0.6) is 0 Å². The maximum Gasteiger partial charge on any atom is 0.0462 e. The van der Waals surface area contributed by atoms with Gasteiger partial charge >= 0.3 is 0 Å². The average molecular weight is 131 g/mol. The Labute approximate surface area is 55.9 Å². The summed E-state index contributed by atoms with van der Waals surface area (Å²) >= 11 is 5.28. The number of allylic oxidation sites excluding steroid dienone is 1. The van der Waals surface area contributed by atoms with Crippen molar-refractivity contribution >= 4 is 11.6 Å². The Morgan fingerprint density at radius 3 is 2.25 bits per heavy atom. The molecule has 0 heterocycles. The molecule has 0 aliphatic heterocycles. The van der Waals surface area contributed by atoms with Gasteiger partial charge in [-0.15, -0.1) is 5.73 Å². The molecular formula is C7H11Cl. The van der Waals surface area contributed by atoms with E-state index in [0.29, 0.717) is 5.92 Å². The molecular weight excluding hydrogens is 120 g/mol. The van der Waals surface area contributed by atoms with E-state index in [4.69, 9.17) is 11.6 Å². The van der Waals surface area contributed by atoms with Crippen molar-refractivity contribution in [3.05, 3.63) is 16.8 Å². The molecule has 0 aliphatic rings. The second-order valence-electron chi connectivity index (χ2n) is 2.09. The van der Waals surface area contributed by atoms with E-state index in [1.165, 1.54) is 11.1 Å². The van der Waals surface area contributed by atoms with Gasteiger partial charge in [-0.1, -0.05) is 25.4 Å². The topological polar surface area (TPSA) is 0 Å². The fourth-order valence-electron chi connectivity index (χ4n) is 0.253. The van der Waals surface area contributed by atoms with E-state index in [1.54, 1.807) is 0 Å². The molecule has 0 aromatic rings. The molecule has 0 radical (unpaired) electrons. The molecule has 0 atom stereocenters. The zero-order chi connectivity index (χ0) is 6.57. The van der Waals surface area contributed by atoms with Crippen LogP contribution in [0.2, 0.25) is 0 Å². The molecule has 0 aromatic carbocycles. The van der Waals surface area contributed by atoms with Gasteiger partial charge in [0.05, 0.1) is 0 Å². The minimum Gasteiger partial charge on any atom is -0.109 e. The third-order valence-electron chi connectivity index (χ3n) is 1.15. The lowest BCUT2D eigenvalue weighted by molar-refractivity contribution is 0.771. The summed E-state index contributed by atoms with van der Waals surface area (Å²) in [5, 5.41) is 0. The van der Waals surface area contributed by atoms with Crippen molar-refractivity contribution in [2.45, 2.75) is 20.8 Å². The first kappa shape index (κ1) is 7.81. The van der Waals surface area contributed by atoms with Gasteiger partial charge in [0.15, 0.2) is 0 Å². The van der Waals surface area contributed by atoms with Crippen LogP contribution in [0.3, 0.4) is 0 Å². The monoisotopic (exact) mass is 130 g/mol.